The number of carbonyl (C=O) groups is 1. The van der Waals surface area contributed by atoms with E-state index in [1.807, 2.05) is 0 Å². The second-order valence-corrected chi connectivity index (χ2v) is 3.60. The van der Waals surface area contributed by atoms with Crippen LogP contribution < -0.4 is 5.56 Å². The molecule has 14 heavy (non-hydrogen) atoms. The normalized spacial score (nSPS) is 10.6. The van der Waals surface area contributed by atoms with Gasteiger partial charge in [-0.15, -0.1) is 0 Å². The number of rotatable bonds is 2. The van der Waals surface area contributed by atoms with Crippen molar-refractivity contribution in [2.75, 3.05) is 0 Å². The van der Waals surface area contributed by atoms with Crippen LogP contribution in [0, 0.1) is 12.8 Å². The van der Waals surface area contributed by atoms with Gasteiger partial charge < -0.3 is 0 Å². The van der Waals surface area contributed by atoms with E-state index in [1.165, 1.54) is 10.8 Å². The van der Waals surface area contributed by atoms with Crippen molar-refractivity contribution in [3.05, 3.63) is 27.9 Å². The van der Waals surface area contributed by atoms with Crippen molar-refractivity contribution in [3.8, 4) is 0 Å². The summed E-state index contributed by atoms with van der Waals surface area (Å²) in [5.74, 6) is 0.278. The lowest BCUT2D eigenvalue weighted by atomic mass is 10.0. The predicted octanol–water partition coefficient (Wildman–Crippen LogP) is 0.927. The first kappa shape index (κ1) is 10.6. The van der Waals surface area contributed by atoms with Crippen molar-refractivity contribution in [1.82, 2.24) is 9.55 Å². The van der Waals surface area contributed by atoms with Crippen LogP contribution in [-0.2, 0) is 7.05 Å². The highest BCUT2D eigenvalue weighted by Crippen LogP contribution is 2.02. The second-order valence-electron chi connectivity index (χ2n) is 3.60. The van der Waals surface area contributed by atoms with Gasteiger partial charge in [0.25, 0.3) is 5.56 Å². The number of hydrogen-bond donors (Lipinski definition) is 0. The number of hydrogen-bond acceptors (Lipinski definition) is 3. The standard InChI is InChI=1S/C10H14N2O2/c1-6(2)9(13)8-5-11-7(3)12(4)10(8)14/h5-6H,1-4H3. The zero-order valence-electron chi connectivity index (χ0n) is 8.87. The molecule has 0 bridgehead atoms. The van der Waals surface area contributed by atoms with E-state index in [9.17, 15) is 9.59 Å². The molecule has 0 atom stereocenters. The van der Waals surface area contributed by atoms with E-state index < -0.39 is 0 Å². The molecule has 1 rings (SSSR count). The van der Waals surface area contributed by atoms with Crippen LogP contribution in [0.4, 0.5) is 0 Å². The summed E-state index contributed by atoms with van der Waals surface area (Å²) >= 11 is 0. The summed E-state index contributed by atoms with van der Waals surface area (Å²) in [7, 11) is 1.61. The van der Waals surface area contributed by atoms with Crippen molar-refractivity contribution in [1.29, 1.82) is 0 Å². The van der Waals surface area contributed by atoms with Gasteiger partial charge in [-0.3, -0.25) is 14.2 Å². The van der Waals surface area contributed by atoms with E-state index in [0.717, 1.165) is 0 Å². The average molecular weight is 194 g/mol. The third-order valence-electron chi connectivity index (χ3n) is 2.19. The van der Waals surface area contributed by atoms with Gasteiger partial charge in [0.2, 0.25) is 0 Å². The molecule has 0 radical (unpaired) electrons. The highest BCUT2D eigenvalue weighted by Gasteiger charge is 2.15. The summed E-state index contributed by atoms with van der Waals surface area (Å²) in [6.07, 6.45) is 1.36. The van der Waals surface area contributed by atoms with E-state index >= 15 is 0 Å². The van der Waals surface area contributed by atoms with E-state index in [4.69, 9.17) is 0 Å². The summed E-state index contributed by atoms with van der Waals surface area (Å²) in [6, 6.07) is 0. The molecule has 1 aromatic heterocycles. The van der Waals surface area contributed by atoms with Crippen LogP contribution in [0.1, 0.15) is 30.0 Å². The maximum atomic E-state index is 11.6. The fourth-order valence-corrected chi connectivity index (χ4v) is 1.11. The van der Waals surface area contributed by atoms with Crippen LogP contribution in [0.3, 0.4) is 0 Å². The van der Waals surface area contributed by atoms with Crippen molar-refractivity contribution in [2.45, 2.75) is 20.8 Å². The van der Waals surface area contributed by atoms with Crippen molar-refractivity contribution < 1.29 is 4.79 Å². The van der Waals surface area contributed by atoms with Crippen LogP contribution in [-0.4, -0.2) is 15.3 Å². The fourth-order valence-electron chi connectivity index (χ4n) is 1.11. The Hall–Kier alpha value is -1.45. The molecule has 0 aliphatic rings. The van der Waals surface area contributed by atoms with Gasteiger partial charge >= 0.3 is 0 Å². The first-order valence-electron chi connectivity index (χ1n) is 4.52. The van der Waals surface area contributed by atoms with Gasteiger partial charge in [0, 0.05) is 19.2 Å². The van der Waals surface area contributed by atoms with Gasteiger partial charge in [0.05, 0.1) is 0 Å². The highest BCUT2D eigenvalue weighted by molar-refractivity contribution is 5.96. The summed E-state index contributed by atoms with van der Waals surface area (Å²) < 4.78 is 1.38. The summed E-state index contributed by atoms with van der Waals surface area (Å²) in [5.41, 5.74) is -0.0932. The van der Waals surface area contributed by atoms with Gasteiger partial charge in [-0.05, 0) is 6.92 Å². The monoisotopic (exact) mass is 194 g/mol. The highest BCUT2D eigenvalue weighted by atomic mass is 16.1. The lowest BCUT2D eigenvalue weighted by Crippen LogP contribution is -2.28. The number of aromatic nitrogens is 2. The number of ketones is 1. The first-order chi connectivity index (χ1) is 6.45. The zero-order chi connectivity index (χ0) is 10.9. The van der Waals surface area contributed by atoms with Crippen LogP contribution in [0.15, 0.2) is 11.0 Å². The number of carbonyl (C=O) groups excluding carboxylic acids is 1. The SMILES string of the molecule is Cc1ncc(C(=O)C(C)C)c(=O)n1C. The van der Waals surface area contributed by atoms with Crippen LogP contribution in [0.2, 0.25) is 0 Å². The predicted molar refractivity (Wildman–Crippen MR) is 53.4 cm³/mol. The van der Waals surface area contributed by atoms with Crippen LogP contribution in [0.25, 0.3) is 0 Å². The zero-order valence-corrected chi connectivity index (χ0v) is 8.87. The Bertz CT molecular complexity index is 419. The average Bonchev–Trinajstić information content (AvgIpc) is 2.13. The Labute approximate surface area is 82.6 Å². The molecule has 0 aliphatic carbocycles. The van der Waals surface area contributed by atoms with E-state index in [0.29, 0.717) is 5.82 Å². The maximum Gasteiger partial charge on any atom is 0.264 e. The molecule has 1 aromatic rings. The second kappa shape index (κ2) is 3.74. The largest absolute Gasteiger partial charge is 0.299 e. The molecule has 76 valence electrons. The molecular formula is C10H14N2O2. The summed E-state index contributed by atoms with van der Waals surface area (Å²) in [4.78, 5) is 27.2. The van der Waals surface area contributed by atoms with Crippen molar-refractivity contribution >= 4 is 5.78 Å². The first-order valence-corrected chi connectivity index (χ1v) is 4.52. The Morgan fingerprint density at radius 2 is 2.07 bits per heavy atom. The number of Topliss-reactive ketones (excluding diaryl/α,β-unsaturated/α-hetero) is 1. The molecule has 1 heterocycles. The molecule has 0 fully saturated rings. The fraction of sp³-hybridized carbons (Fsp3) is 0.500. The molecule has 0 amide bonds. The smallest absolute Gasteiger partial charge is 0.264 e. The van der Waals surface area contributed by atoms with Gasteiger partial charge in [-0.25, -0.2) is 4.98 Å². The molecule has 0 saturated carbocycles. The molecule has 0 aromatic carbocycles. The lowest BCUT2D eigenvalue weighted by molar-refractivity contribution is 0.0937. The molecule has 0 saturated heterocycles. The van der Waals surface area contributed by atoms with Gasteiger partial charge in [0.15, 0.2) is 5.78 Å². The maximum absolute atomic E-state index is 11.6. The van der Waals surface area contributed by atoms with Crippen molar-refractivity contribution in [3.63, 3.8) is 0 Å². The van der Waals surface area contributed by atoms with Gasteiger partial charge in [-0.1, -0.05) is 13.8 Å². The summed E-state index contributed by atoms with van der Waals surface area (Å²) in [6.45, 7) is 5.26. The third-order valence-corrected chi connectivity index (χ3v) is 2.19. The molecule has 0 aliphatic heterocycles. The Kier molecular flexibility index (Phi) is 2.84. The lowest BCUT2D eigenvalue weighted by Gasteiger charge is -2.06. The summed E-state index contributed by atoms with van der Waals surface area (Å²) in [5, 5.41) is 0. The van der Waals surface area contributed by atoms with Gasteiger partial charge in [0.1, 0.15) is 11.4 Å². The van der Waals surface area contributed by atoms with Crippen LogP contribution in [0.5, 0.6) is 0 Å². The molecular weight excluding hydrogens is 180 g/mol. The quantitative estimate of drug-likeness (QED) is 0.658. The molecule has 0 unspecified atom stereocenters. The van der Waals surface area contributed by atoms with Crippen LogP contribution >= 0.6 is 0 Å². The van der Waals surface area contributed by atoms with E-state index in [-0.39, 0.29) is 22.8 Å². The molecule has 4 nitrogen and oxygen atoms in total. The molecule has 4 heteroatoms. The minimum atomic E-state index is -0.267. The number of nitrogens with zero attached hydrogens (tertiary/aromatic N) is 2. The van der Waals surface area contributed by atoms with Gasteiger partial charge in [-0.2, -0.15) is 0 Å². The molecule has 0 N–H and O–H groups in total. The van der Waals surface area contributed by atoms with E-state index in [2.05, 4.69) is 4.98 Å². The van der Waals surface area contributed by atoms with E-state index in [1.54, 1.807) is 27.8 Å². The van der Waals surface area contributed by atoms with Crippen molar-refractivity contribution in [2.24, 2.45) is 13.0 Å². The Balaban J connectivity index is 3.32. The molecule has 0 spiro atoms. The Morgan fingerprint density at radius 1 is 1.50 bits per heavy atom. The number of aryl methyl sites for hydroxylation is 1. The third kappa shape index (κ3) is 1.73. The minimum Gasteiger partial charge on any atom is -0.299 e. The Morgan fingerprint density at radius 3 is 2.57 bits per heavy atom. The topological polar surface area (TPSA) is 52.0 Å². The minimum absolute atomic E-state index is 0.155.